The summed E-state index contributed by atoms with van der Waals surface area (Å²) >= 11 is 1.34. The number of nitrogens with zero attached hydrogens (tertiary/aromatic N) is 2. The molecule has 7 nitrogen and oxygen atoms in total. The lowest BCUT2D eigenvalue weighted by Crippen LogP contribution is -2.57. The summed E-state index contributed by atoms with van der Waals surface area (Å²) in [6, 6.07) is 3.80. The highest BCUT2D eigenvalue weighted by Gasteiger charge is 2.52. The van der Waals surface area contributed by atoms with Gasteiger partial charge in [-0.05, 0) is 18.4 Å². The Kier molecular flexibility index (Phi) is 4.27. The number of rotatable bonds is 4. The highest BCUT2D eigenvalue weighted by Crippen LogP contribution is 2.40. The standard InChI is InChI=1S/C15H16N2O5S2/c1-9-12-7-8-13(15(23-2)14(9)18)16(12)24(21,22)11-5-3-10(4-6-11)17(19)20/h3-9,12-13,15H,1-2H3/t9-,12+,13-,15+/m1/s1. The van der Waals surface area contributed by atoms with Gasteiger partial charge in [0, 0.05) is 18.1 Å². The number of carbonyl (C=O) groups excluding carboxylic acids is 1. The van der Waals surface area contributed by atoms with Crippen molar-refractivity contribution in [3.8, 4) is 0 Å². The zero-order valence-corrected chi connectivity index (χ0v) is 14.7. The third-order valence-corrected chi connectivity index (χ3v) is 7.45. The molecule has 1 fully saturated rings. The normalized spacial score (nSPS) is 29.8. The van der Waals surface area contributed by atoms with Gasteiger partial charge in [0.2, 0.25) is 10.0 Å². The molecule has 2 aliphatic rings. The number of sulfonamides is 1. The fraction of sp³-hybridized carbons (Fsp3) is 0.400. The van der Waals surface area contributed by atoms with Gasteiger partial charge in [-0.15, -0.1) is 0 Å². The molecule has 1 aromatic rings. The maximum absolute atomic E-state index is 13.0. The van der Waals surface area contributed by atoms with Crippen molar-refractivity contribution in [2.75, 3.05) is 6.26 Å². The third kappa shape index (κ3) is 2.47. The van der Waals surface area contributed by atoms with Crippen molar-refractivity contribution in [1.82, 2.24) is 4.31 Å². The quantitative estimate of drug-likeness (QED) is 0.457. The van der Waals surface area contributed by atoms with Crippen molar-refractivity contribution < 1.29 is 18.1 Å². The minimum absolute atomic E-state index is 0.00629. The second kappa shape index (κ2) is 5.98. The Labute approximate surface area is 143 Å². The second-order valence-electron chi connectivity index (χ2n) is 5.80. The molecule has 0 saturated carbocycles. The lowest BCUT2D eigenvalue weighted by Gasteiger charge is -2.40. The molecule has 0 amide bonds. The average molecular weight is 368 g/mol. The summed E-state index contributed by atoms with van der Waals surface area (Å²) in [6.45, 7) is 1.74. The van der Waals surface area contributed by atoms with E-state index in [0.29, 0.717) is 0 Å². The number of fused-ring (bicyclic) bond motifs is 2. The molecule has 0 aliphatic carbocycles. The summed E-state index contributed by atoms with van der Waals surface area (Å²) in [6.07, 6.45) is 5.33. The van der Waals surface area contributed by atoms with E-state index in [1.165, 1.54) is 40.3 Å². The number of hydrogen-bond acceptors (Lipinski definition) is 6. The van der Waals surface area contributed by atoms with Gasteiger partial charge in [0.05, 0.1) is 27.2 Å². The maximum atomic E-state index is 13.0. The van der Waals surface area contributed by atoms with Gasteiger partial charge in [0.1, 0.15) is 0 Å². The molecule has 1 saturated heterocycles. The highest BCUT2D eigenvalue weighted by atomic mass is 32.2. The average Bonchev–Trinajstić information content (AvgIpc) is 2.95. The molecule has 2 aliphatic heterocycles. The van der Waals surface area contributed by atoms with Crippen molar-refractivity contribution >= 4 is 33.3 Å². The van der Waals surface area contributed by atoms with Gasteiger partial charge in [-0.3, -0.25) is 14.9 Å². The van der Waals surface area contributed by atoms with Crippen molar-refractivity contribution in [2.24, 2.45) is 5.92 Å². The number of nitro benzene ring substituents is 1. The van der Waals surface area contributed by atoms with Gasteiger partial charge in [0.25, 0.3) is 5.69 Å². The smallest absolute Gasteiger partial charge is 0.269 e. The van der Waals surface area contributed by atoms with Crippen LogP contribution in [0, 0.1) is 16.0 Å². The molecule has 0 aromatic heterocycles. The molecule has 0 N–H and O–H groups in total. The molecular formula is C15H16N2O5S2. The summed E-state index contributed by atoms with van der Waals surface area (Å²) in [7, 11) is -3.86. The SMILES string of the molecule is CS[C@@H]1C(=O)[C@H](C)[C@@H]2C=C[C@H]1N2S(=O)(=O)c1ccc([N+](=O)[O-])cc1. The van der Waals surface area contributed by atoms with Crippen LogP contribution >= 0.6 is 11.8 Å². The van der Waals surface area contributed by atoms with Crippen LogP contribution in [0.15, 0.2) is 41.3 Å². The number of Topliss-reactive ketones (excluding diaryl/α,β-unsaturated/α-hetero) is 1. The molecule has 128 valence electrons. The minimum atomic E-state index is -3.86. The van der Waals surface area contributed by atoms with Gasteiger partial charge >= 0.3 is 0 Å². The van der Waals surface area contributed by atoms with Crippen LogP contribution in [0.3, 0.4) is 0 Å². The van der Waals surface area contributed by atoms with Gasteiger partial charge in [-0.1, -0.05) is 19.1 Å². The van der Waals surface area contributed by atoms with E-state index in [1.54, 1.807) is 25.3 Å². The van der Waals surface area contributed by atoms with Crippen LogP contribution in [-0.4, -0.2) is 47.0 Å². The zero-order chi connectivity index (χ0) is 17.6. The van der Waals surface area contributed by atoms with E-state index >= 15 is 0 Å². The van der Waals surface area contributed by atoms with Crippen LogP contribution in [0.25, 0.3) is 0 Å². The topological polar surface area (TPSA) is 97.6 Å². The number of non-ortho nitro benzene ring substituents is 1. The Balaban J connectivity index is 2.01. The first kappa shape index (κ1) is 17.1. The molecule has 2 bridgehead atoms. The molecule has 3 rings (SSSR count). The number of ketones is 1. The van der Waals surface area contributed by atoms with E-state index in [4.69, 9.17) is 0 Å². The summed E-state index contributed by atoms with van der Waals surface area (Å²) in [5.74, 6) is -0.372. The van der Waals surface area contributed by atoms with Gasteiger partial charge in [0.15, 0.2) is 5.78 Å². The largest absolute Gasteiger partial charge is 0.298 e. The van der Waals surface area contributed by atoms with Gasteiger partial charge < -0.3 is 0 Å². The summed E-state index contributed by atoms with van der Waals surface area (Å²) in [5, 5.41) is 10.3. The zero-order valence-electron chi connectivity index (χ0n) is 13.0. The first-order chi connectivity index (χ1) is 11.3. The number of thioether (sulfide) groups is 1. The van der Waals surface area contributed by atoms with Gasteiger partial charge in [-0.2, -0.15) is 16.1 Å². The number of carbonyl (C=O) groups is 1. The number of nitro groups is 1. The molecule has 1 aromatic carbocycles. The van der Waals surface area contributed by atoms with Crippen molar-refractivity contribution in [3.05, 3.63) is 46.5 Å². The Morgan fingerprint density at radius 3 is 2.29 bits per heavy atom. The van der Waals surface area contributed by atoms with E-state index in [0.717, 1.165) is 0 Å². The van der Waals surface area contributed by atoms with Crippen LogP contribution in [0.1, 0.15) is 6.92 Å². The van der Waals surface area contributed by atoms with Gasteiger partial charge in [-0.25, -0.2) is 8.42 Å². The fourth-order valence-corrected chi connectivity index (χ4v) is 6.08. The fourth-order valence-electron chi connectivity index (χ4n) is 3.25. The van der Waals surface area contributed by atoms with Crippen LogP contribution in [-0.2, 0) is 14.8 Å². The second-order valence-corrected chi connectivity index (χ2v) is 8.62. The molecule has 2 heterocycles. The van der Waals surface area contributed by atoms with Crippen LogP contribution in [0.2, 0.25) is 0 Å². The predicted octanol–water partition coefficient (Wildman–Crippen LogP) is 1.84. The molecule has 0 spiro atoms. The molecule has 24 heavy (non-hydrogen) atoms. The molecule has 0 unspecified atom stereocenters. The monoisotopic (exact) mass is 368 g/mol. The Hall–Kier alpha value is -1.71. The molecule has 4 atom stereocenters. The number of piperidine rings is 1. The van der Waals surface area contributed by atoms with E-state index in [2.05, 4.69) is 0 Å². The Morgan fingerprint density at radius 1 is 1.17 bits per heavy atom. The van der Waals surface area contributed by atoms with E-state index < -0.39 is 38.2 Å². The third-order valence-electron chi connectivity index (χ3n) is 4.52. The number of benzene rings is 1. The Bertz CT molecular complexity index is 819. The lowest BCUT2D eigenvalue weighted by molar-refractivity contribution is -0.384. The lowest BCUT2D eigenvalue weighted by atomic mass is 9.91. The summed E-state index contributed by atoms with van der Waals surface area (Å²) in [4.78, 5) is 22.5. The van der Waals surface area contributed by atoms with E-state index in [1.807, 2.05) is 0 Å². The highest BCUT2D eigenvalue weighted by molar-refractivity contribution is 8.00. The summed E-state index contributed by atoms with van der Waals surface area (Å²) in [5.41, 5.74) is -0.167. The molecule has 0 radical (unpaired) electrons. The first-order valence-corrected chi connectivity index (χ1v) is 10.0. The van der Waals surface area contributed by atoms with Crippen molar-refractivity contribution in [2.45, 2.75) is 29.2 Å². The van der Waals surface area contributed by atoms with Crippen LogP contribution in [0.4, 0.5) is 5.69 Å². The maximum Gasteiger partial charge on any atom is 0.269 e. The van der Waals surface area contributed by atoms with Crippen molar-refractivity contribution in [3.63, 3.8) is 0 Å². The predicted molar refractivity (Wildman–Crippen MR) is 90.3 cm³/mol. The van der Waals surface area contributed by atoms with E-state index in [9.17, 15) is 23.3 Å². The van der Waals surface area contributed by atoms with Crippen LogP contribution in [0.5, 0.6) is 0 Å². The Morgan fingerprint density at radius 2 is 1.75 bits per heavy atom. The summed E-state index contributed by atoms with van der Waals surface area (Å²) < 4.78 is 27.4. The molecule has 9 heteroatoms. The van der Waals surface area contributed by atoms with Crippen LogP contribution < -0.4 is 0 Å². The van der Waals surface area contributed by atoms with E-state index in [-0.39, 0.29) is 16.4 Å². The van der Waals surface area contributed by atoms with Crippen molar-refractivity contribution in [1.29, 1.82) is 0 Å². The number of hydrogen-bond donors (Lipinski definition) is 0. The first-order valence-electron chi connectivity index (χ1n) is 7.32. The molecular weight excluding hydrogens is 352 g/mol. The minimum Gasteiger partial charge on any atom is -0.298 e.